The van der Waals surface area contributed by atoms with Gasteiger partial charge in [-0.2, -0.15) is 0 Å². The summed E-state index contributed by atoms with van der Waals surface area (Å²) in [5.41, 5.74) is -0.547. The second-order valence-corrected chi connectivity index (χ2v) is 4.68. The number of nitrogens with one attached hydrogen (secondary N) is 1. The first-order valence-corrected chi connectivity index (χ1v) is 5.68. The number of aromatic nitrogens is 1. The molecule has 0 spiro atoms. The Hall–Kier alpha value is -2.11. The van der Waals surface area contributed by atoms with Gasteiger partial charge in [-0.3, -0.25) is 4.79 Å². The van der Waals surface area contributed by atoms with Gasteiger partial charge < -0.3 is 15.3 Å². The number of piperazine rings is 1. The largest absolute Gasteiger partial charge is 0.478 e. The van der Waals surface area contributed by atoms with Crippen LogP contribution in [0.3, 0.4) is 0 Å². The number of anilines is 1. The van der Waals surface area contributed by atoms with E-state index in [1.165, 1.54) is 12.3 Å². The summed E-state index contributed by atoms with van der Waals surface area (Å²) >= 11 is 0. The zero-order chi connectivity index (χ0) is 13.3. The number of nitrogens with zero attached hydrogens (tertiary/aromatic N) is 2. The minimum absolute atomic E-state index is 0.0575. The van der Waals surface area contributed by atoms with Crippen molar-refractivity contribution in [3.05, 3.63) is 23.9 Å². The van der Waals surface area contributed by atoms with Gasteiger partial charge in [-0.15, -0.1) is 0 Å². The summed E-state index contributed by atoms with van der Waals surface area (Å²) in [6.45, 7) is 4.84. The third kappa shape index (κ3) is 2.01. The Labute approximate surface area is 105 Å². The molecule has 6 heteroatoms. The summed E-state index contributed by atoms with van der Waals surface area (Å²) in [6.07, 6.45) is 1.31. The van der Waals surface area contributed by atoms with Crippen LogP contribution in [0.25, 0.3) is 0 Å². The molecule has 1 amide bonds. The highest BCUT2D eigenvalue weighted by Gasteiger charge is 2.38. The number of hydrogen-bond donors (Lipinski definition) is 2. The summed E-state index contributed by atoms with van der Waals surface area (Å²) in [4.78, 5) is 28.5. The van der Waals surface area contributed by atoms with Crippen LogP contribution in [0.5, 0.6) is 0 Å². The van der Waals surface area contributed by atoms with Crippen LogP contribution in [0.2, 0.25) is 0 Å². The van der Waals surface area contributed by atoms with Crippen molar-refractivity contribution in [3.8, 4) is 0 Å². The van der Waals surface area contributed by atoms with Gasteiger partial charge in [0.25, 0.3) is 0 Å². The Morgan fingerprint density at radius 3 is 2.78 bits per heavy atom. The predicted molar refractivity (Wildman–Crippen MR) is 65.6 cm³/mol. The van der Waals surface area contributed by atoms with Crippen molar-refractivity contribution >= 4 is 17.7 Å². The molecule has 96 valence electrons. The first kappa shape index (κ1) is 12.3. The van der Waals surface area contributed by atoms with Gasteiger partial charge in [0.1, 0.15) is 11.4 Å². The fourth-order valence-corrected chi connectivity index (χ4v) is 1.97. The maximum atomic E-state index is 11.8. The highest BCUT2D eigenvalue weighted by Crippen LogP contribution is 2.24. The lowest BCUT2D eigenvalue weighted by Gasteiger charge is -2.41. The van der Waals surface area contributed by atoms with Gasteiger partial charge in [0.2, 0.25) is 5.91 Å². The van der Waals surface area contributed by atoms with Gasteiger partial charge in [-0.1, -0.05) is 0 Å². The molecule has 0 unspecified atom stereocenters. The summed E-state index contributed by atoms with van der Waals surface area (Å²) < 4.78 is 0. The molecule has 0 aliphatic carbocycles. The van der Waals surface area contributed by atoms with Crippen LogP contribution in [0.1, 0.15) is 24.2 Å². The van der Waals surface area contributed by atoms with Gasteiger partial charge in [-0.05, 0) is 26.0 Å². The number of aromatic carboxylic acids is 1. The lowest BCUT2D eigenvalue weighted by Crippen LogP contribution is -2.62. The summed E-state index contributed by atoms with van der Waals surface area (Å²) in [6, 6.07) is 3.12. The van der Waals surface area contributed by atoms with E-state index in [2.05, 4.69) is 10.3 Å². The Morgan fingerprint density at radius 1 is 1.50 bits per heavy atom. The molecule has 1 saturated heterocycles. The molecule has 2 rings (SSSR count). The van der Waals surface area contributed by atoms with Crippen LogP contribution in [-0.4, -0.2) is 40.6 Å². The zero-order valence-electron chi connectivity index (χ0n) is 10.3. The summed E-state index contributed by atoms with van der Waals surface area (Å²) in [7, 11) is 0. The molecule has 2 N–H and O–H groups in total. The second kappa shape index (κ2) is 4.29. The molecular formula is C12H15N3O3. The zero-order valence-corrected chi connectivity index (χ0v) is 10.3. The molecule has 1 aliphatic heterocycles. The Morgan fingerprint density at radius 2 is 2.22 bits per heavy atom. The van der Waals surface area contributed by atoms with Gasteiger partial charge in [0.05, 0.1) is 5.56 Å². The minimum Gasteiger partial charge on any atom is -0.478 e. The molecule has 18 heavy (non-hydrogen) atoms. The SMILES string of the molecule is CC1(C)C(=O)NCCN1c1ccc(C(=O)O)cn1. The van der Waals surface area contributed by atoms with Crippen LogP contribution in [0, 0.1) is 0 Å². The molecule has 0 radical (unpaired) electrons. The third-order valence-electron chi connectivity index (χ3n) is 3.12. The Balaban J connectivity index is 2.30. The highest BCUT2D eigenvalue weighted by atomic mass is 16.4. The number of amides is 1. The van der Waals surface area contributed by atoms with Crippen molar-refractivity contribution in [1.82, 2.24) is 10.3 Å². The van der Waals surface area contributed by atoms with Gasteiger partial charge in [0.15, 0.2) is 0 Å². The van der Waals surface area contributed by atoms with E-state index in [0.717, 1.165) is 0 Å². The van der Waals surface area contributed by atoms with Crippen molar-refractivity contribution in [2.75, 3.05) is 18.0 Å². The molecular weight excluding hydrogens is 234 g/mol. The number of rotatable bonds is 2. The van der Waals surface area contributed by atoms with Crippen LogP contribution in [-0.2, 0) is 4.79 Å². The van der Waals surface area contributed by atoms with Crippen molar-refractivity contribution in [2.24, 2.45) is 0 Å². The quantitative estimate of drug-likeness (QED) is 0.797. The smallest absolute Gasteiger partial charge is 0.337 e. The molecule has 6 nitrogen and oxygen atoms in total. The van der Waals surface area contributed by atoms with Crippen molar-refractivity contribution < 1.29 is 14.7 Å². The van der Waals surface area contributed by atoms with Gasteiger partial charge >= 0.3 is 5.97 Å². The third-order valence-corrected chi connectivity index (χ3v) is 3.12. The Kier molecular flexibility index (Phi) is 2.94. The number of pyridine rings is 1. The first-order chi connectivity index (χ1) is 8.43. The molecule has 2 heterocycles. The standard InChI is InChI=1S/C12H15N3O3/c1-12(2)11(18)13-5-6-15(12)9-4-3-8(7-14-9)10(16)17/h3-4,7H,5-6H2,1-2H3,(H,13,18)(H,16,17). The number of carboxylic acid groups (broad SMARTS) is 1. The van der Waals surface area contributed by atoms with Crippen LogP contribution in [0.15, 0.2) is 18.3 Å². The molecule has 1 aromatic rings. The summed E-state index contributed by atoms with van der Waals surface area (Å²) in [5, 5.41) is 11.6. The summed E-state index contributed by atoms with van der Waals surface area (Å²) in [5.74, 6) is -0.456. The Bertz CT molecular complexity index is 482. The second-order valence-electron chi connectivity index (χ2n) is 4.68. The van der Waals surface area contributed by atoms with Crippen LogP contribution < -0.4 is 10.2 Å². The first-order valence-electron chi connectivity index (χ1n) is 5.68. The molecule has 0 bridgehead atoms. The van der Waals surface area contributed by atoms with Gasteiger partial charge in [-0.25, -0.2) is 9.78 Å². The van der Waals surface area contributed by atoms with Crippen LogP contribution >= 0.6 is 0 Å². The molecule has 1 aromatic heterocycles. The number of carbonyl (C=O) groups excluding carboxylic acids is 1. The average molecular weight is 249 g/mol. The van der Waals surface area contributed by atoms with E-state index in [9.17, 15) is 9.59 Å². The molecule has 1 fully saturated rings. The molecule has 0 aromatic carbocycles. The van der Waals surface area contributed by atoms with E-state index in [1.54, 1.807) is 6.07 Å². The lowest BCUT2D eigenvalue weighted by molar-refractivity contribution is -0.126. The van der Waals surface area contributed by atoms with Crippen molar-refractivity contribution in [2.45, 2.75) is 19.4 Å². The van der Waals surface area contributed by atoms with E-state index in [-0.39, 0.29) is 11.5 Å². The monoisotopic (exact) mass is 249 g/mol. The van der Waals surface area contributed by atoms with E-state index in [0.29, 0.717) is 18.9 Å². The molecule has 1 aliphatic rings. The molecule has 0 saturated carbocycles. The number of carbonyl (C=O) groups is 2. The van der Waals surface area contributed by atoms with Crippen LogP contribution in [0.4, 0.5) is 5.82 Å². The number of carboxylic acids is 1. The van der Waals surface area contributed by atoms with E-state index in [1.807, 2.05) is 18.7 Å². The molecule has 0 atom stereocenters. The average Bonchev–Trinajstić information content (AvgIpc) is 2.33. The van der Waals surface area contributed by atoms with E-state index in [4.69, 9.17) is 5.11 Å². The maximum Gasteiger partial charge on any atom is 0.337 e. The topological polar surface area (TPSA) is 82.5 Å². The fourth-order valence-electron chi connectivity index (χ4n) is 1.97. The fraction of sp³-hybridized carbons (Fsp3) is 0.417. The number of hydrogen-bond acceptors (Lipinski definition) is 4. The maximum absolute atomic E-state index is 11.8. The highest BCUT2D eigenvalue weighted by molar-refractivity contribution is 5.90. The van der Waals surface area contributed by atoms with Crippen molar-refractivity contribution in [3.63, 3.8) is 0 Å². The predicted octanol–water partition coefficient (Wildman–Crippen LogP) is 0.495. The van der Waals surface area contributed by atoms with Crippen molar-refractivity contribution in [1.29, 1.82) is 0 Å². The van der Waals surface area contributed by atoms with E-state index >= 15 is 0 Å². The van der Waals surface area contributed by atoms with E-state index < -0.39 is 11.5 Å². The minimum atomic E-state index is -1.01. The lowest BCUT2D eigenvalue weighted by atomic mass is 9.99. The van der Waals surface area contributed by atoms with Gasteiger partial charge in [0, 0.05) is 19.3 Å². The normalized spacial score (nSPS) is 18.3.